The number of hydrogen-bond donors (Lipinski definition) is 0. The number of carbonyl (C=O) groups excluding carboxylic acids is 3. The normalized spacial score (nSPS) is 15.6. The fourth-order valence-corrected chi connectivity index (χ4v) is 2.94. The molecule has 168 valence electrons. The van der Waals surface area contributed by atoms with Crippen molar-refractivity contribution in [2.75, 3.05) is 6.54 Å². The van der Waals surface area contributed by atoms with Crippen LogP contribution in [0.2, 0.25) is 0 Å². The van der Waals surface area contributed by atoms with Gasteiger partial charge in [-0.1, -0.05) is 79.8 Å². The lowest BCUT2D eigenvalue weighted by Gasteiger charge is -2.11. The molecule has 0 atom stereocenters. The first-order valence-corrected chi connectivity index (χ1v) is 11.4. The maximum absolute atomic E-state index is 11.9. The van der Waals surface area contributed by atoms with Gasteiger partial charge in [-0.05, 0) is 44.9 Å². The molecule has 0 radical (unpaired) electrons. The molecular weight excluding hydrogens is 386 g/mol. The standard InChI is InChI=1S/C27H37NO3/c1-2-3-4-5-6-7-8-9-10-11-12-13-14-15-16-17-18-19-20-21-25(29)24-28-26(30)22-23-27(28)31/h3-4,6-7,9-10,12-13,15-16,18-19H,2,5,8,11,14,17,20-24H2,1H3/b4-3-,7-6-,10-9-,13-12-,16-15-,19-18-. The molecule has 4 nitrogen and oxygen atoms in total. The third-order valence-corrected chi connectivity index (χ3v) is 4.68. The van der Waals surface area contributed by atoms with Crippen molar-refractivity contribution in [2.24, 2.45) is 0 Å². The number of hydrogen-bond acceptors (Lipinski definition) is 3. The smallest absolute Gasteiger partial charge is 0.230 e. The summed E-state index contributed by atoms with van der Waals surface area (Å²) >= 11 is 0. The first-order chi connectivity index (χ1) is 15.1. The van der Waals surface area contributed by atoms with Gasteiger partial charge in [0.15, 0.2) is 5.78 Å². The second-order valence-corrected chi connectivity index (χ2v) is 7.37. The topological polar surface area (TPSA) is 54.5 Å². The van der Waals surface area contributed by atoms with Gasteiger partial charge in [-0.15, -0.1) is 0 Å². The van der Waals surface area contributed by atoms with Gasteiger partial charge in [-0.2, -0.15) is 0 Å². The van der Waals surface area contributed by atoms with Crippen molar-refractivity contribution in [3.63, 3.8) is 0 Å². The van der Waals surface area contributed by atoms with E-state index in [-0.39, 0.29) is 37.0 Å². The Bertz CT molecular complexity index is 707. The molecule has 31 heavy (non-hydrogen) atoms. The van der Waals surface area contributed by atoms with Crippen LogP contribution in [0.3, 0.4) is 0 Å². The zero-order chi connectivity index (χ0) is 22.6. The number of amides is 2. The number of allylic oxidation sites excluding steroid dienone is 12. The van der Waals surface area contributed by atoms with Gasteiger partial charge in [-0.25, -0.2) is 0 Å². The minimum absolute atomic E-state index is 0.0665. The largest absolute Gasteiger partial charge is 0.298 e. The third kappa shape index (κ3) is 14.0. The third-order valence-electron chi connectivity index (χ3n) is 4.68. The average Bonchev–Trinajstić information content (AvgIpc) is 3.07. The van der Waals surface area contributed by atoms with Gasteiger partial charge >= 0.3 is 0 Å². The molecule has 1 fully saturated rings. The van der Waals surface area contributed by atoms with Crippen LogP contribution in [-0.4, -0.2) is 29.0 Å². The zero-order valence-electron chi connectivity index (χ0n) is 18.9. The van der Waals surface area contributed by atoms with Crippen molar-refractivity contribution in [3.8, 4) is 0 Å². The van der Waals surface area contributed by atoms with E-state index in [1.165, 1.54) is 0 Å². The van der Waals surface area contributed by atoms with Crippen LogP contribution in [0.15, 0.2) is 72.9 Å². The second kappa shape index (κ2) is 18.1. The molecule has 1 rings (SSSR count). The fraction of sp³-hybridized carbons (Fsp3) is 0.444. The van der Waals surface area contributed by atoms with Crippen LogP contribution in [0.1, 0.15) is 71.1 Å². The van der Waals surface area contributed by atoms with Crippen molar-refractivity contribution in [1.82, 2.24) is 4.90 Å². The lowest BCUT2D eigenvalue weighted by atomic mass is 10.2. The highest BCUT2D eigenvalue weighted by Gasteiger charge is 2.29. The number of rotatable bonds is 16. The van der Waals surface area contributed by atoms with Gasteiger partial charge in [-0.3, -0.25) is 19.3 Å². The summed E-state index contributed by atoms with van der Waals surface area (Å²) in [4.78, 5) is 35.9. The van der Waals surface area contributed by atoms with E-state index in [2.05, 4.69) is 67.7 Å². The van der Waals surface area contributed by atoms with Crippen LogP contribution in [-0.2, 0) is 14.4 Å². The maximum Gasteiger partial charge on any atom is 0.230 e. The highest BCUT2D eigenvalue weighted by Crippen LogP contribution is 2.11. The Labute approximate surface area is 187 Å². The molecule has 0 bridgehead atoms. The molecule has 0 unspecified atom stereocenters. The van der Waals surface area contributed by atoms with Crippen molar-refractivity contribution >= 4 is 17.6 Å². The number of Topliss-reactive ketones (excluding diaryl/α,β-unsaturated/α-hetero) is 1. The van der Waals surface area contributed by atoms with E-state index < -0.39 is 0 Å². The van der Waals surface area contributed by atoms with Crippen molar-refractivity contribution in [2.45, 2.75) is 71.1 Å². The lowest BCUT2D eigenvalue weighted by molar-refractivity contribution is -0.141. The Hall–Kier alpha value is -2.75. The van der Waals surface area contributed by atoms with Crippen molar-refractivity contribution in [1.29, 1.82) is 0 Å². The Balaban J connectivity index is 2.00. The first-order valence-electron chi connectivity index (χ1n) is 11.4. The molecule has 4 heteroatoms. The quantitative estimate of drug-likeness (QED) is 0.220. The Morgan fingerprint density at radius 2 is 1.06 bits per heavy atom. The van der Waals surface area contributed by atoms with E-state index in [0.29, 0.717) is 12.8 Å². The first kappa shape index (κ1) is 26.3. The molecule has 0 spiro atoms. The molecular formula is C27H37NO3. The van der Waals surface area contributed by atoms with E-state index in [0.717, 1.165) is 43.4 Å². The molecule has 0 aromatic rings. The summed E-state index contributed by atoms with van der Waals surface area (Å²) in [6.45, 7) is 2.07. The predicted octanol–water partition coefficient (Wildman–Crippen LogP) is 6.18. The van der Waals surface area contributed by atoms with Crippen LogP contribution in [0, 0.1) is 0 Å². The van der Waals surface area contributed by atoms with Gasteiger partial charge in [0, 0.05) is 19.3 Å². The lowest BCUT2D eigenvalue weighted by Crippen LogP contribution is -2.34. The van der Waals surface area contributed by atoms with Crippen molar-refractivity contribution in [3.05, 3.63) is 72.9 Å². The molecule has 0 saturated carbocycles. The molecule has 1 saturated heterocycles. The molecule has 0 aliphatic carbocycles. The molecule has 0 N–H and O–H groups in total. The van der Waals surface area contributed by atoms with E-state index in [1.807, 2.05) is 12.2 Å². The maximum atomic E-state index is 11.9. The molecule has 1 heterocycles. The summed E-state index contributed by atoms with van der Waals surface area (Å²) in [5, 5.41) is 0. The highest BCUT2D eigenvalue weighted by atomic mass is 16.2. The molecule has 2 amide bonds. The molecule has 1 aliphatic rings. The van der Waals surface area contributed by atoms with E-state index in [4.69, 9.17) is 0 Å². The van der Waals surface area contributed by atoms with Crippen LogP contribution in [0.25, 0.3) is 0 Å². The highest BCUT2D eigenvalue weighted by molar-refractivity contribution is 6.04. The van der Waals surface area contributed by atoms with Gasteiger partial charge in [0.25, 0.3) is 0 Å². The van der Waals surface area contributed by atoms with E-state index >= 15 is 0 Å². The SMILES string of the molecule is CC/C=C\C/C=C\C/C=C\C/C=C\C/C=C\C/C=C\CCC(=O)CN1C(=O)CCC1=O. The second-order valence-electron chi connectivity index (χ2n) is 7.37. The molecule has 0 aromatic carbocycles. The van der Waals surface area contributed by atoms with Crippen molar-refractivity contribution < 1.29 is 14.4 Å². The Kier molecular flexibility index (Phi) is 15.3. The van der Waals surface area contributed by atoms with E-state index in [1.54, 1.807) is 0 Å². The van der Waals surface area contributed by atoms with Gasteiger partial charge in [0.1, 0.15) is 0 Å². The summed E-state index contributed by atoms with van der Waals surface area (Å²) in [6, 6.07) is 0. The number of likely N-dealkylation sites (tertiary alicyclic amines) is 1. The van der Waals surface area contributed by atoms with Gasteiger partial charge < -0.3 is 0 Å². The number of imide groups is 1. The van der Waals surface area contributed by atoms with Crippen LogP contribution < -0.4 is 0 Å². The monoisotopic (exact) mass is 423 g/mol. The number of carbonyl (C=O) groups is 3. The summed E-state index contributed by atoms with van der Waals surface area (Å²) in [5.74, 6) is -0.525. The average molecular weight is 424 g/mol. The summed E-state index contributed by atoms with van der Waals surface area (Å²) in [5.41, 5.74) is 0. The predicted molar refractivity (Wildman–Crippen MR) is 128 cm³/mol. The van der Waals surface area contributed by atoms with Crippen LogP contribution >= 0.6 is 0 Å². The Morgan fingerprint density at radius 1 is 0.677 bits per heavy atom. The van der Waals surface area contributed by atoms with E-state index in [9.17, 15) is 14.4 Å². The van der Waals surface area contributed by atoms with Gasteiger partial charge in [0.05, 0.1) is 6.54 Å². The molecule has 1 aliphatic heterocycles. The molecule has 0 aromatic heterocycles. The minimum atomic E-state index is -0.229. The summed E-state index contributed by atoms with van der Waals surface area (Å²) < 4.78 is 0. The fourth-order valence-electron chi connectivity index (χ4n) is 2.94. The van der Waals surface area contributed by atoms with Gasteiger partial charge in [0.2, 0.25) is 11.8 Å². The summed E-state index contributed by atoms with van der Waals surface area (Å²) in [6.07, 6.45) is 33.0. The minimum Gasteiger partial charge on any atom is -0.298 e. The number of ketones is 1. The zero-order valence-corrected chi connectivity index (χ0v) is 18.9. The number of nitrogens with zero attached hydrogens (tertiary/aromatic N) is 1. The Morgan fingerprint density at radius 3 is 1.48 bits per heavy atom. The van der Waals surface area contributed by atoms with Crippen LogP contribution in [0.5, 0.6) is 0 Å². The summed E-state index contributed by atoms with van der Waals surface area (Å²) in [7, 11) is 0. The van der Waals surface area contributed by atoms with Crippen LogP contribution in [0.4, 0.5) is 0 Å².